The Morgan fingerprint density at radius 3 is 1.97 bits per heavy atom. The maximum atomic E-state index is 11.4. The van der Waals surface area contributed by atoms with Gasteiger partial charge in [-0.15, -0.1) is 0 Å². The van der Waals surface area contributed by atoms with Crippen LogP contribution in [0.5, 0.6) is 5.75 Å². The highest BCUT2D eigenvalue weighted by Gasteiger charge is 2.43. The van der Waals surface area contributed by atoms with Gasteiger partial charge in [0.05, 0.1) is 0 Å². The highest BCUT2D eigenvalue weighted by molar-refractivity contribution is 5.88. The molecular formula is C29H22O2. The summed E-state index contributed by atoms with van der Waals surface area (Å²) in [5.41, 5.74) is 5.19. The average molecular weight is 402 g/mol. The number of rotatable bonds is 2. The molecule has 0 aromatic heterocycles. The third kappa shape index (κ3) is 2.49. The molecule has 1 N–H and O–H groups in total. The minimum Gasteiger partial charge on any atom is -0.472 e. The summed E-state index contributed by atoms with van der Waals surface area (Å²) >= 11 is 0. The molecule has 0 radical (unpaired) electrons. The molecule has 0 saturated heterocycles. The van der Waals surface area contributed by atoms with Gasteiger partial charge in [-0.3, -0.25) is 0 Å². The van der Waals surface area contributed by atoms with E-state index in [2.05, 4.69) is 42.5 Å². The van der Waals surface area contributed by atoms with Gasteiger partial charge in [-0.2, -0.15) is 0 Å². The molecule has 0 amide bonds. The fourth-order valence-electron chi connectivity index (χ4n) is 5.03. The maximum absolute atomic E-state index is 11.4. The van der Waals surface area contributed by atoms with E-state index in [0.29, 0.717) is 0 Å². The number of ether oxygens (including phenoxy) is 1. The number of hydrogen-bond donors (Lipinski definition) is 1. The van der Waals surface area contributed by atoms with Crippen molar-refractivity contribution in [2.45, 2.75) is 18.1 Å². The van der Waals surface area contributed by atoms with Crippen LogP contribution in [0.3, 0.4) is 0 Å². The second kappa shape index (κ2) is 6.44. The Labute approximate surface area is 182 Å². The largest absolute Gasteiger partial charge is 0.472 e. The van der Waals surface area contributed by atoms with Gasteiger partial charge in [0.1, 0.15) is 11.4 Å². The molecule has 1 unspecified atom stereocenters. The van der Waals surface area contributed by atoms with Crippen molar-refractivity contribution < 1.29 is 9.84 Å². The van der Waals surface area contributed by atoms with E-state index in [0.717, 1.165) is 44.7 Å². The molecule has 4 aromatic carbocycles. The Bertz CT molecular complexity index is 1280. The fourth-order valence-corrected chi connectivity index (χ4v) is 5.03. The van der Waals surface area contributed by atoms with Crippen LogP contribution in [0.1, 0.15) is 34.7 Å². The number of hydrogen-bond acceptors (Lipinski definition) is 2. The van der Waals surface area contributed by atoms with Gasteiger partial charge in [0, 0.05) is 22.3 Å². The lowest BCUT2D eigenvalue weighted by atomic mass is 9.83. The van der Waals surface area contributed by atoms with Gasteiger partial charge in [-0.05, 0) is 29.7 Å². The van der Waals surface area contributed by atoms with E-state index in [4.69, 9.17) is 4.74 Å². The van der Waals surface area contributed by atoms with Crippen LogP contribution in [-0.4, -0.2) is 5.11 Å². The number of benzene rings is 4. The van der Waals surface area contributed by atoms with Crippen molar-refractivity contribution in [3.05, 3.63) is 131 Å². The Hall–Kier alpha value is -3.62. The van der Waals surface area contributed by atoms with Crippen molar-refractivity contribution in [2.24, 2.45) is 0 Å². The number of aliphatic hydroxyl groups is 1. The first-order valence-corrected chi connectivity index (χ1v) is 10.6. The summed E-state index contributed by atoms with van der Waals surface area (Å²) in [7, 11) is 0. The van der Waals surface area contributed by atoms with E-state index in [1.165, 1.54) is 0 Å². The van der Waals surface area contributed by atoms with Gasteiger partial charge in [-0.1, -0.05) is 103 Å². The smallest absolute Gasteiger partial charge is 0.178 e. The van der Waals surface area contributed by atoms with E-state index in [9.17, 15) is 5.11 Å². The SMILES string of the molecule is CC1(O)c2ccccc2-c2c1ccc1c2OC(c2ccccc2)(c2ccccc2)C=C1. The van der Waals surface area contributed by atoms with E-state index in [-0.39, 0.29) is 0 Å². The van der Waals surface area contributed by atoms with Gasteiger partial charge >= 0.3 is 0 Å². The summed E-state index contributed by atoms with van der Waals surface area (Å²) < 4.78 is 6.99. The highest BCUT2D eigenvalue weighted by Crippen LogP contribution is 2.55. The van der Waals surface area contributed by atoms with Gasteiger partial charge in [0.25, 0.3) is 0 Å². The molecule has 31 heavy (non-hydrogen) atoms. The Balaban J connectivity index is 1.63. The molecule has 0 fully saturated rings. The van der Waals surface area contributed by atoms with Crippen molar-refractivity contribution in [1.82, 2.24) is 0 Å². The monoisotopic (exact) mass is 402 g/mol. The van der Waals surface area contributed by atoms with Crippen LogP contribution in [0, 0.1) is 0 Å². The molecule has 150 valence electrons. The maximum Gasteiger partial charge on any atom is 0.178 e. The van der Waals surface area contributed by atoms with Crippen LogP contribution < -0.4 is 4.74 Å². The first-order chi connectivity index (χ1) is 15.1. The summed E-state index contributed by atoms with van der Waals surface area (Å²) in [4.78, 5) is 0. The van der Waals surface area contributed by atoms with E-state index in [1.807, 2.05) is 73.7 Å². The van der Waals surface area contributed by atoms with Crippen molar-refractivity contribution >= 4 is 6.08 Å². The Kier molecular flexibility index (Phi) is 3.77. The lowest BCUT2D eigenvalue weighted by Gasteiger charge is -2.37. The topological polar surface area (TPSA) is 29.5 Å². The summed E-state index contributed by atoms with van der Waals surface area (Å²) in [6.07, 6.45) is 4.29. The van der Waals surface area contributed by atoms with Crippen LogP contribution in [0.2, 0.25) is 0 Å². The molecule has 4 aromatic rings. The zero-order valence-electron chi connectivity index (χ0n) is 17.2. The number of fused-ring (bicyclic) bond motifs is 5. The van der Waals surface area contributed by atoms with E-state index >= 15 is 0 Å². The zero-order valence-corrected chi connectivity index (χ0v) is 17.2. The molecular weight excluding hydrogens is 380 g/mol. The van der Waals surface area contributed by atoms with Gasteiger partial charge in [0.15, 0.2) is 5.60 Å². The van der Waals surface area contributed by atoms with E-state index in [1.54, 1.807) is 0 Å². The first-order valence-electron chi connectivity index (χ1n) is 10.6. The predicted molar refractivity (Wildman–Crippen MR) is 124 cm³/mol. The van der Waals surface area contributed by atoms with Gasteiger partial charge in [0.2, 0.25) is 0 Å². The minimum atomic E-state index is -1.05. The normalized spacial score (nSPS) is 19.8. The molecule has 2 heteroatoms. The van der Waals surface area contributed by atoms with Crippen LogP contribution >= 0.6 is 0 Å². The lowest BCUT2D eigenvalue weighted by molar-refractivity contribution is 0.106. The summed E-state index contributed by atoms with van der Waals surface area (Å²) in [6, 6.07) is 32.8. The standard InChI is InChI=1S/C29H22O2/c1-28(30)24-15-9-8-14-23(24)26-25(28)17-16-20-18-19-29(31-27(20)26,21-10-4-2-5-11-21)22-12-6-3-7-13-22/h2-19,30H,1H3. The van der Waals surface area contributed by atoms with Crippen molar-refractivity contribution in [2.75, 3.05) is 0 Å². The van der Waals surface area contributed by atoms with Crippen molar-refractivity contribution in [3.8, 4) is 16.9 Å². The van der Waals surface area contributed by atoms with Crippen molar-refractivity contribution in [1.29, 1.82) is 0 Å². The van der Waals surface area contributed by atoms with Crippen LogP contribution in [0.15, 0.2) is 103 Å². The van der Waals surface area contributed by atoms with Crippen LogP contribution in [0.4, 0.5) is 0 Å². The zero-order chi connectivity index (χ0) is 21.1. The summed E-state index contributed by atoms with van der Waals surface area (Å²) in [5, 5.41) is 11.4. The second-order valence-corrected chi connectivity index (χ2v) is 8.43. The molecule has 0 saturated carbocycles. The Morgan fingerprint density at radius 2 is 1.29 bits per heavy atom. The van der Waals surface area contributed by atoms with Gasteiger partial charge in [-0.25, -0.2) is 0 Å². The average Bonchev–Trinajstić information content (AvgIpc) is 3.07. The molecule has 1 aliphatic carbocycles. The molecule has 1 aliphatic heterocycles. The van der Waals surface area contributed by atoms with E-state index < -0.39 is 11.2 Å². The molecule has 1 heterocycles. The first kappa shape index (κ1) is 18.2. The molecule has 2 aliphatic rings. The van der Waals surface area contributed by atoms with Gasteiger partial charge < -0.3 is 9.84 Å². The summed E-state index contributed by atoms with van der Waals surface area (Å²) in [5.74, 6) is 0.818. The highest BCUT2D eigenvalue weighted by atomic mass is 16.5. The second-order valence-electron chi connectivity index (χ2n) is 8.43. The van der Waals surface area contributed by atoms with Crippen LogP contribution in [0.25, 0.3) is 17.2 Å². The van der Waals surface area contributed by atoms with Crippen LogP contribution in [-0.2, 0) is 11.2 Å². The lowest BCUT2D eigenvalue weighted by Crippen LogP contribution is -2.34. The van der Waals surface area contributed by atoms with Crippen molar-refractivity contribution in [3.63, 3.8) is 0 Å². The molecule has 2 nitrogen and oxygen atoms in total. The quantitative estimate of drug-likeness (QED) is 0.428. The fraction of sp³-hybridized carbons (Fsp3) is 0.103. The molecule has 1 atom stereocenters. The molecule has 0 spiro atoms. The Morgan fingerprint density at radius 1 is 0.677 bits per heavy atom. The predicted octanol–water partition coefficient (Wildman–Crippen LogP) is 6.27. The third-order valence-corrected chi connectivity index (χ3v) is 6.60. The molecule has 0 bridgehead atoms. The minimum absolute atomic E-state index is 0.742. The summed E-state index contributed by atoms with van der Waals surface area (Å²) in [6.45, 7) is 1.87. The molecule has 6 rings (SSSR count). The third-order valence-electron chi connectivity index (χ3n) is 6.60.